The van der Waals surface area contributed by atoms with Crippen molar-refractivity contribution in [1.82, 2.24) is 14.5 Å². The number of nitrogens with one attached hydrogen (secondary N) is 1. The molecule has 4 aromatic rings. The van der Waals surface area contributed by atoms with E-state index in [1.54, 1.807) is 81.6 Å². The van der Waals surface area contributed by atoms with Crippen LogP contribution in [-0.4, -0.2) is 63.8 Å². The summed E-state index contributed by atoms with van der Waals surface area (Å²) in [7, 11) is 1.89. The van der Waals surface area contributed by atoms with Crippen molar-refractivity contribution >= 4 is 52.3 Å². The summed E-state index contributed by atoms with van der Waals surface area (Å²) in [6.45, 7) is 7.23. The average Bonchev–Trinajstić information content (AvgIpc) is 3.38. The molecule has 48 heavy (non-hydrogen) atoms. The highest BCUT2D eigenvalue weighted by atomic mass is 16.7. The molecule has 2 amide bonds. The first-order chi connectivity index (χ1) is 23.0. The lowest BCUT2D eigenvalue weighted by Crippen LogP contribution is -2.34. The third kappa shape index (κ3) is 9.15. The Morgan fingerprint density at radius 1 is 1.00 bits per heavy atom. The van der Waals surface area contributed by atoms with Gasteiger partial charge in [-0.15, -0.1) is 0 Å². The Kier molecular flexibility index (Phi) is 11.8. The van der Waals surface area contributed by atoms with Crippen LogP contribution in [0.15, 0.2) is 71.9 Å². The SMILES string of the molecule is CCOC(=O)CCN(C(=O)c1ccc2c(c1)nc(CNc1ccc(C(N)=NC(=O)OC(C)OC(=O)C(C)C)cc1)n2C)c1ccccn1. The number of ether oxygens (including phenoxy) is 3. The highest BCUT2D eigenvalue weighted by molar-refractivity contribution is 6.07. The number of aliphatic imine (C=N–C) groups is 1. The summed E-state index contributed by atoms with van der Waals surface area (Å²) in [5.41, 5.74) is 9.10. The molecule has 0 spiro atoms. The van der Waals surface area contributed by atoms with Gasteiger partial charge in [-0.1, -0.05) is 19.9 Å². The molecule has 0 saturated carbocycles. The largest absolute Gasteiger partial charge is 0.466 e. The maximum Gasteiger partial charge on any atom is 0.438 e. The van der Waals surface area contributed by atoms with Crippen LogP contribution in [0.2, 0.25) is 0 Å². The minimum Gasteiger partial charge on any atom is -0.466 e. The fraction of sp³-hybridized carbons (Fsp3) is 0.324. The molecular weight excluding hydrogens is 618 g/mol. The molecule has 14 heteroatoms. The van der Waals surface area contributed by atoms with E-state index in [4.69, 9.17) is 24.9 Å². The maximum absolute atomic E-state index is 13.6. The van der Waals surface area contributed by atoms with Crippen molar-refractivity contribution in [2.45, 2.75) is 47.0 Å². The van der Waals surface area contributed by atoms with Crippen molar-refractivity contribution in [2.75, 3.05) is 23.4 Å². The van der Waals surface area contributed by atoms with Crippen LogP contribution in [0.25, 0.3) is 11.0 Å². The van der Waals surface area contributed by atoms with Crippen molar-refractivity contribution in [3.63, 3.8) is 0 Å². The van der Waals surface area contributed by atoms with E-state index in [9.17, 15) is 19.2 Å². The third-order valence-corrected chi connectivity index (χ3v) is 7.10. The number of amides is 2. The van der Waals surface area contributed by atoms with Crippen LogP contribution in [0.4, 0.5) is 16.3 Å². The van der Waals surface area contributed by atoms with Crippen LogP contribution in [0.5, 0.6) is 0 Å². The van der Waals surface area contributed by atoms with Gasteiger partial charge in [0.2, 0.25) is 6.29 Å². The molecule has 0 saturated heterocycles. The third-order valence-electron chi connectivity index (χ3n) is 7.10. The number of nitrogens with zero attached hydrogens (tertiary/aromatic N) is 5. The molecule has 1 unspecified atom stereocenters. The second-order valence-corrected chi connectivity index (χ2v) is 11.0. The fourth-order valence-electron chi connectivity index (χ4n) is 4.56. The minimum absolute atomic E-state index is 0.0289. The number of aryl methyl sites for hydroxylation is 1. The number of aromatic nitrogens is 3. The molecule has 0 aliphatic carbocycles. The van der Waals surface area contributed by atoms with Crippen LogP contribution in [-0.2, 0) is 37.4 Å². The summed E-state index contributed by atoms with van der Waals surface area (Å²) in [5, 5.41) is 3.31. The number of esters is 2. The Morgan fingerprint density at radius 2 is 1.73 bits per heavy atom. The van der Waals surface area contributed by atoms with E-state index in [-0.39, 0.29) is 37.2 Å². The van der Waals surface area contributed by atoms with Gasteiger partial charge >= 0.3 is 18.0 Å². The van der Waals surface area contributed by atoms with Gasteiger partial charge in [-0.3, -0.25) is 19.3 Å². The number of hydrogen-bond acceptors (Lipinski definition) is 10. The number of pyridine rings is 1. The Morgan fingerprint density at radius 3 is 2.40 bits per heavy atom. The number of hydrogen-bond donors (Lipinski definition) is 2. The second-order valence-electron chi connectivity index (χ2n) is 11.0. The van der Waals surface area contributed by atoms with Gasteiger partial charge in [-0.25, -0.2) is 14.8 Å². The first-order valence-electron chi connectivity index (χ1n) is 15.4. The van der Waals surface area contributed by atoms with Crippen LogP contribution in [0.1, 0.15) is 55.9 Å². The zero-order valence-electron chi connectivity index (χ0n) is 27.5. The summed E-state index contributed by atoms with van der Waals surface area (Å²) in [4.78, 5) is 63.7. The quantitative estimate of drug-likeness (QED) is 0.0890. The standard InChI is InChI=1S/C34H39N7O7/c1-6-46-30(42)16-18-41(28-9-7-8-17-36-28)32(43)24-12-15-27-26(19-24)38-29(40(27)5)20-37-25-13-10-23(11-14-25)31(35)39-34(45)48-22(4)47-33(44)21(2)3/h7-15,17,19,21-22,37H,6,16,18,20H2,1-5H3,(H2,35,39,45). The molecule has 1 atom stereocenters. The average molecular weight is 658 g/mol. The van der Waals surface area contributed by atoms with Crippen LogP contribution < -0.4 is 16.0 Å². The number of nitrogens with two attached hydrogens (primary N) is 1. The smallest absolute Gasteiger partial charge is 0.438 e. The Bertz CT molecular complexity index is 1790. The lowest BCUT2D eigenvalue weighted by atomic mass is 10.1. The van der Waals surface area contributed by atoms with E-state index in [0.29, 0.717) is 29.0 Å². The fourth-order valence-corrected chi connectivity index (χ4v) is 4.56. The molecule has 0 bridgehead atoms. The van der Waals surface area contributed by atoms with Crippen molar-refractivity contribution in [1.29, 1.82) is 0 Å². The molecule has 2 aromatic heterocycles. The van der Waals surface area contributed by atoms with Crippen molar-refractivity contribution in [3.8, 4) is 0 Å². The van der Waals surface area contributed by atoms with E-state index < -0.39 is 24.3 Å². The number of amidine groups is 1. The van der Waals surface area contributed by atoms with Gasteiger partial charge in [0.15, 0.2) is 0 Å². The predicted molar refractivity (Wildman–Crippen MR) is 179 cm³/mol. The second kappa shape index (κ2) is 16.2. The monoisotopic (exact) mass is 657 g/mol. The summed E-state index contributed by atoms with van der Waals surface area (Å²) in [5.74, 6) is -0.483. The zero-order valence-corrected chi connectivity index (χ0v) is 27.5. The molecule has 0 fully saturated rings. The minimum atomic E-state index is -1.10. The molecule has 0 aliphatic heterocycles. The van der Waals surface area contributed by atoms with Crippen molar-refractivity contribution < 1.29 is 33.4 Å². The summed E-state index contributed by atoms with van der Waals surface area (Å²) < 4.78 is 17.0. The van der Waals surface area contributed by atoms with Gasteiger partial charge in [-0.05, 0) is 61.5 Å². The molecule has 14 nitrogen and oxygen atoms in total. The molecule has 0 aliphatic rings. The van der Waals surface area contributed by atoms with Gasteiger partial charge < -0.3 is 29.8 Å². The van der Waals surface area contributed by atoms with Gasteiger partial charge in [-0.2, -0.15) is 4.99 Å². The maximum atomic E-state index is 13.6. The summed E-state index contributed by atoms with van der Waals surface area (Å²) in [6.07, 6.45) is -0.465. The van der Waals surface area contributed by atoms with E-state index >= 15 is 0 Å². The number of benzene rings is 2. The Balaban J connectivity index is 1.41. The van der Waals surface area contributed by atoms with Crippen LogP contribution in [0, 0.1) is 5.92 Å². The van der Waals surface area contributed by atoms with Crippen molar-refractivity contribution in [3.05, 3.63) is 83.8 Å². The van der Waals surface area contributed by atoms with Crippen molar-refractivity contribution in [2.24, 2.45) is 23.7 Å². The lowest BCUT2D eigenvalue weighted by Gasteiger charge is -2.21. The predicted octanol–water partition coefficient (Wildman–Crippen LogP) is 4.57. The number of rotatable bonds is 13. The molecule has 3 N–H and O–H groups in total. The molecule has 4 rings (SSSR count). The zero-order chi connectivity index (χ0) is 34.8. The molecular formula is C34H39N7O7. The van der Waals surface area contributed by atoms with E-state index in [0.717, 1.165) is 17.0 Å². The van der Waals surface area contributed by atoms with Crippen LogP contribution in [0.3, 0.4) is 0 Å². The van der Waals surface area contributed by atoms with Gasteiger partial charge in [0, 0.05) is 43.5 Å². The number of anilines is 2. The van der Waals surface area contributed by atoms with E-state index in [1.807, 2.05) is 17.7 Å². The van der Waals surface area contributed by atoms with E-state index in [2.05, 4.69) is 15.3 Å². The summed E-state index contributed by atoms with van der Waals surface area (Å²) in [6, 6.07) is 17.5. The topological polar surface area (TPSA) is 180 Å². The van der Waals surface area contributed by atoms with Gasteiger partial charge in [0.05, 0.1) is 36.5 Å². The van der Waals surface area contributed by atoms with Crippen LogP contribution >= 0.6 is 0 Å². The Labute approximate surface area is 277 Å². The highest BCUT2D eigenvalue weighted by Gasteiger charge is 2.22. The molecule has 2 aromatic carbocycles. The number of fused-ring (bicyclic) bond motifs is 1. The normalized spacial score (nSPS) is 12.0. The van der Waals surface area contributed by atoms with E-state index in [1.165, 1.54) is 11.8 Å². The Hall–Kier alpha value is -5.79. The van der Waals surface area contributed by atoms with Gasteiger partial charge in [0.1, 0.15) is 17.5 Å². The molecule has 252 valence electrons. The van der Waals surface area contributed by atoms with Gasteiger partial charge in [0.25, 0.3) is 5.91 Å². The molecule has 2 heterocycles. The first-order valence-corrected chi connectivity index (χ1v) is 15.4. The number of imidazole rings is 1. The first kappa shape index (κ1) is 35.1. The number of carbonyl (C=O) groups is 4. The highest BCUT2D eigenvalue weighted by Crippen LogP contribution is 2.21. The molecule has 0 radical (unpaired) electrons. The lowest BCUT2D eigenvalue weighted by molar-refractivity contribution is -0.168. The summed E-state index contributed by atoms with van der Waals surface area (Å²) >= 11 is 0. The number of carbonyl (C=O) groups excluding carboxylic acids is 4.